The van der Waals surface area contributed by atoms with E-state index in [2.05, 4.69) is 52.9 Å². The van der Waals surface area contributed by atoms with Gasteiger partial charge in [-0.3, -0.25) is 0 Å². The van der Waals surface area contributed by atoms with Crippen molar-refractivity contribution in [1.29, 1.82) is 0 Å². The van der Waals surface area contributed by atoms with Gasteiger partial charge in [0.1, 0.15) is 0 Å². The van der Waals surface area contributed by atoms with Crippen LogP contribution in [0.4, 0.5) is 0 Å². The summed E-state index contributed by atoms with van der Waals surface area (Å²) in [6.45, 7) is 2.91. The molecule has 2 aromatic carbocycles. The summed E-state index contributed by atoms with van der Waals surface area (Å²) in [7, 11) is 0. The highest BCUT2D eigenvalue weighted by molar-refractivity contribution is 7.99. The van der Waals surface area contributed by atoms with Gasteiger partial charge in [-0.2, -0.15) is 0 Å². The third-order valence-electron chi connectivity index (χ3n) is 3.70. The van der Waals surface area contributed by atoms with E-state index in [1.54, 1.807) is 11.8 Å². The average Bonchev–Trinajstić information content (AvgIpc) is 2.98. The number of aliphatic hydroxyl groups excluding tert-OH is 1. The maximum absolute atomic E-state index is 9.41. The Morgan fingerprint density at radius 2 is 1.70 bits per heavy atom. The molecule has 0 amide bonds. The number of benzene rings is 2. The van der Waals surface area contributed by atoms with Gasteiger partial charge in [-0.1, -0.05) is 72.4 Å². The van der Waals surface area contributed by atoms with Crippen molar-refractivity contribution in [3.05, 3.63) is 83.7 Å². The molecule has 3 rings (SSSR count). The van der Waals surface area contributed by atoms with Crippen LogP contribution < -0.4 is 0 Å². The van der Waals surface area contributed by atoms with Crippen LogP contribution in [0.25, 0.3) is 0 Å². The van der Waals surface area contributed by atoms with Crippen LogP contribution in [0.15, 0.2) is 72.0 Å². The van der Waals surface area contributed by atoms with Gasteiger partial charge in [0.05, 0.1) is 12.3 Å². The normalized spacial score (nSPS) is 12.3. The van der Waals surface area contributed by atoms with E-state index in [0.29, 0.717) is 10.9 Å². The van der Waals surface area contributed by atoms with Gasteiger partial charge in [0.15, 0.2) is 5.16 Å². The van der Waals surface area contributed by atoms with E-state index in [0.717, 1.165) is 11.7 Å². The lowest BCUT2D eigenvalue weighted by molar-refractivity contribution is 0.277. The van der Waals surface area contributed by atoms with Gasteiger partial charge >= 0.3 is 0 Å². The molecule has 0 saturated heterocycles. The molecule has 1 N–H and O–H groups in total. The molecule has 3 aromatic rings. The summed E-state index contributed by atoms with van der Waals surface area (Å²) in [5.74, 6) is 0. The second kappa shape index (κ2) is 7.49. The molecule has 3 nitrogen and oxygen atoms in total. The highest BCUT2D eigenvalue weighted by Gasteiger charge is 2.14. The van der Waals surface area contributed by atoms with E-state index < -0.39 is 0 Å². The fourth-order valence-electron chi connectivity index (χ4n) is 2.46. The number of aromatic nitrogens is 2. The minimum Gasteiger partial charge on any atom is -0.390 e. The second-order valence-corrected chi connectivity index (χ2v) is 6.77. The van der Waals surface area contributed by atoms with Crippen molar-refractivity contribution in [3.8, 4) is 0 Å². The van der Waals surface area contributed by atoms with Crippen molar-refractivity contribution in [2.45, 2.75) is 30.5 Å². The zero-order valence-corrected chi connectivity index (χ0v) is 13.9. The molecule has 0 fully saturated rings. The summed E-state index contributed by atoms with van der Waals surface area (Å²) in [5.41, 5.74) is 3.21. The predicted molar refractivity (Wildman–Crippen MR) is 94.4 cm³/mol. The Hall–Kier alpha value is -2.04. The molecule has 0 bridgehead atoms. The predicted octanol–water partition coefficient (Wildman–Crippen LogP) is 4.28. The minimum atomic E-state index is -0.0327. The fraction of sp³-hybridized carbons (Fsp3) is 0.211. The molecule has 0 aliphatic heterocycles. The fourth-order valence-corrected chi connectivity index (χ4v) is 3.50. The third kappa shape index (κ3) is 4.03. The first kappa shape index (κ1) is 15.8. The second-order valence-electron chi connectivity index (χ2n) is 5.46. The molecule has 1 atom stereocenters. The lowest BCUT2D eigenvalue weighted by Gasteiger charge is -2.13. The smallest absolute Gasteiger partial charge is 0.169 e. The van der Waals surface area contributed by atoms with Crippen LogP contribution in [-0.2, 0) is 13.2 Å². The molecule has 1 unspecified atom stereocenters. The van der Waals surface area contributed by atoms with Crippen molar-refractivity contribution in [1.82, 2.24) is 9.55 Å². The van der Waals surface area contributed by atoms with Crippen LogP contribution in [0, 0.1) is 0 Å². The molecule has 0 aliphatic rings. The Bertz CT molecular complexity index is 741. The number of rotatable bonds is 6. The number of nitrogens with zero attached hydrogens (tertiary/aromatic N) is 2. The Morgan fingerprint density at radius 1 is 1.04 bits per heavy atom. The van der Waals surface area contributed by atoms with Gasteiger partial charge in [-0.05, 0) is 18.1 Å². The summed E-state index contributed by atoms with van der Waals surface area (Å²) in [6.07, 6.45) is 1.94. The van der Waals surface area contributed by atoms with Gasteiger partial charge in [0, 0.05) is 18.0 Å². The Labute approximate surface area is 141 Å². The SMILES string of the molecule is CC(Sc1nc(CO)cn1Cc1ccccc1)c1ccccc1. The molecular weight excluding hydrogens is 304 g/mol. The third-order valence-corrected chi connectivity index (χ3v) is 4.86. The maximum atomic E-state index is 9.41. The maximum Gasteiger partial charge on any atom is 0.169 e. The van der Waals surface area contributed by atoms with Crippen LogP contribution in [0.3, 0.4) is 0 Å². The van der Waals surface area contributed by atoms with E-state index in [1.165, 1.54) is 11.1 Å². The van der Waals surface area contributed by atoms with Crippen LogP contribution in [0.2, 0.25) is 0 Å². The molecule has 0 saturated carbocycles. The molecule has 0 radical (unpaired) electrons. The van der Waals surface area contributed by atoms with Crippen LogP contribution >= 0.6 is 11.8 Å². The van der Waals surface area contributed by atoms with E-state index in [4.69, 9.17) is 0 Å². The van der Waals surface area contributed by atoms with Gasteiger partial charge in [-0.15, -0.1) is 0 Å². The van der Waals surface area contributed by atoms with Gasteiger partial charge in [0.25, 0.3) is 0 Å². The first-order valence-corrected chi connectivity index (χ1v) is 8.56. The van der Waals surface area contributed by atoms with Crippen molar-refractivity contribution >= 4 is 11.8 Å². The van der Waals surface area contributed by atoms with Crippen molar-refractivity contribution in [2.24, 2.45) is 0 Å². The molecular formula is C19H20N2OS. The summed E-state index contributed by atoms with van der Waals surface area (Å²) in [6, 6.07) is 20.7. The summed E-state index contributed by atoms with van der Waals surface area (Å²) in [4.78, 5) is 4.57. The first-order chi connectivity index (χ1) is 11.3. The Balaban J connectivity index is 1.82. The highest BCUT2D eigenvalue weighted by Crippen LogP contribution is 2.34. The molecule has 118 valence electrons. The molecule has 0 spiro atoms. The van der Waals surface area contributed by atoms with Crippen molar-refractivity contribution in [3.63, 3.8) is 0 Å². The summed E-state index contributed by atoms with van der Waals surface area (Å²) >= 11 is 1.72. The van der Waals surface area contributed by atoms with Crippen LogP contribution in [-0.4, -0.2) is 14.7 Å². The lowest BCUT2D eigenvalue weighted by Crippen LogP contribution is -2.01. The van der Waals surface area contributed by atoms with E-state index >= 15 is 0 Å². The largest absolute Gasteiger partial charge is 0.390 e. The van der Waals surface area contributed by atoms with E-state index in [9.17, 15) is 5.11 Å². The molecule has 4 heteroatoms. The van der Waals surface area contributed by atoms with E-state index in [-0.39, 0.29) is 6.61 Å². The highest BCUT2D eigenvalue weighted by atomic mass is 32.2. The summed E-state index contributed by atoms with van der Waals surface area (Å²) < 4.78 is 2.12. The molecule has 1 heterocycles. The lowest BCUT2D eigenvalue weighted by atomic mass is 10.2. The van der Waals surface area contributed by atoms with Gasteiger partial charge in [0.2, 0.25) is 0 Å². The monoisotopic (exact) mass is 324 g/mol. The standard InChI is InChI=1S/C19H20N2OS/c1-15(17-10-6-3-7-11-17)23-19-20-18(14-22)13-21(19)12-16-8-4-2-5-9-16/h2-11,13,15,22H,12,14H2,1H3. The average molecular weight is 324 g/mol. The van der Waals surface area contributed by atoms with Crippen LogP contribution in [0.1, 0.15) is 29.0 Å². The van der Waals surface area contributed by atoms with Crippen molar-refractivity contribution in [2.75, 3.05) is 0 Å². The number of thioether (sulfide) groups is 1. The number of hydrogen-bond acceptors (Lipinski definition) is 3. The zero-order valence-electron chi connectivity index (χ0n) is 13.1. The Kier molecular flexibility index (Phi) is 5.16. The quantitative estimate of drug-likeness (QED) is 0.688. The number of imidazole rings is 1. The van der Waals surface area contributed by atoms with Gasteiger partial charge in [-0.25, -0.2) is 4.98 Å². The summed E-state index contributed by atoms with van der Waals surface area (Å²) in [5, 5.41) is 10.7. The molecule has 0 aliphatic carbocycles. The number of hydrogen-bond donors (Lipinski definition) is 1. The number of aliphatic hydroxyl groups is 1. The first-order valence-electron chi connectivity index (χ1n) is 7.68. The topological polar surface area (TPSA) is 38.1 Å². The van der Waals surface area contributed by atoms with Gasteiger partial charge < -0.3 is 9.67 Å². The minimum absolute atomic E-state index is 0.0327. The molecule has 1 aromatic heterocycles. The van der Waals surface area contributed by atoms with Crippen molar-refractivity contribution < 1.29 is 5.11 Å². The molecule has 23 heavy (non-hydrogen) atoms. The Morgan fingerprint density at radius 3 is 2.35 bits per heavy atom. The zero-order chi connectivity index (χ0) is 16.1. The van der Waals surface area contributed by atoms with Crippen LogP contribution in [0.5, 0.6) is 0 Å². The van der Waals surface area contributed by atoms with E-state index in [1.807, 2.05) is 30.5 Å².